The van der Waals surface area contributed by atoms with Crippen LogP contribution >= 0.6 is 0 Å². The fraction of sp³-hybridized carbons (Fsp3) is 0.636. The first-order valence-electron chi connectivity index (χ1n) is 5.80. The maximum atomic E-state index is 11.9. The van der Waals surface area contributed by atoms with Gasteiger partial charge in [-0.1, -0.05) is 0 Å². The fourth-order valence-corrected chi connectivity index (χ4v) is 3.12. The quantitative estimate of drug-likeness (QED) is 0.552. The van der Waals surface area contributed by atoms with Crippen molar-refractivity contribution in [1.82, 2.24) is 15.5 Å². The van der Waals surface area contributed by atoms with E-state index in [9.17, 15) is 15.0 Å². The maximum absolute atomic E-state index is 11.9. The molecule has 4 atom stereocenters. The van der Waals surface area contributed by atoms with Crippen LogP contribution in [0.4, 0.5) is 0 Å². The summed E-state index contributed by atoms with van der Waals surface area (Å²) in [7, 11) is 0. The summed E-state index contributed by atoms with van der Waals surface area (Å²) in [5.74, 6) is -0.151. The summed E-state index contributed by atoms with van der Waals surface area (Å²) in [6.45, 7) is 0. The van der Waals surface area contributed by atoms with E-state index in [1.165, 1.54) is 12.4 Å². The molecule has 0 spiro atoms. The van der Waals surface area contributed by atoms with Gasteiger partial charge in [-0.3, -0.25) is 9.89 Å². The van der Waals surface area contributed by atoms with Gasteiger partial charge in [0.2, 0.25) is 0 Å². The number of fused-ring (bicyclic) bond motifs is 2. The second kappa shape index (κ2) is 3.54. The topological polar surface area (TPSA) is 98.2 Å². The summed E-state index contributed by atoms with van der Waals surface area (Å²) in [5.41, 5.74) is -0.213. The smallest absolute Gasteiger partial charge is 0.254 e. The minimum Gasteiger partial charge on any atom is -0.390 e. The van der Waals surface area contributed by atoms with Gasteiger partial charge in [0, 0.05) is 6.20 Å². The molecule has 2 bridgehead atoms. The van der Waals surface area contributed by atoms with Crippen molar-refractivity contribution in [2.75, 3.05) is 0 Å². The number of aliphatic hydroxyl groups is 2. The molecule has 1 aromatic heterocycles. The van der Waals surface area contributed by atoms with Crippen molar-refractivity contribution in [3.8, 4) is 0 Å². The van der Waals surface area contributed by atoms with Gasteiger partial charge < -0.3 is 15.5 Å². The zero-order valence-electron chi connectivity index (χ0n) is 9.26. The van der Waals surface area contributed by atoms with Gasteiger partial charge >= 0.3 is 0 Å². The Bertz CT molecular complexity index is 433. The molecule has 1 heterocycles. The van der Waals surface area contributed by atoms with E-state index >= 15 is 0 Å². The first kappa shape index (κ1) is 10.7. The van der Waals surface area contributed by atoms with Gasteiger partial charge in [-0.15, -0.1) is 0 Å². The van der Waals surface area contributed by atoms with Gasteiger partial charge in [0.25, 0.3) is 5.91 Å². The average molecular weight is 237 g/mol. The monoisotopic (exact) mass is 237 g/mol. The zero-order valence-corrected chi connectivity index (χ0v) is 9.26. The Morgan fingerprint density at radius 1 is 1.59 bits per heavy atom. The largest absolute Gasteiger partial charge is 0.390 e. The molecular formula is C11H15N3O3. The number of rotatable bonds is 2. The molecule has 2 fully saturated rings. The summed E-state index contributed by atoms with van der Waals surface area (Å²) < 4.78 is 0. The van der Waals surface area contributed by atoms with Crippen molar-refractivity contribution in [1.29, 1.82) is 0 Å². The fourth-order valence-electron chi connectivity index (χ4n) is 3.12. The first-order chi connectivity index (χ1) is 8.12. The van der Waals surface area contributed by atoms with Crippen molar-refractivity contribution in [3.05, 3.63) is 18.0 Å². The summed E-state index contributed by atoms with van der Waals surface area (Å²) in [5, 5.41) is 28.9. The van der Waals surface area contributed by atoms with Crippen LogP contribution in [0.15, 0.2) is 12.4 Å². The lowest BCUT2D eigenvalue weighted by molar-refractivity contribution is -0.0321. The van der Waals surface area contributed by atoms with Gasteiger partial charge in [-0.2, -0.15) is 5.10 Å². The van der Waals surface area contributed by atoms with Crippen molar-refractivity contribution in [2.24, 2.45) is 5.92 Å². The number of amides is 1. The van der Waals surface area contributed by atoms with Gasteiger partial charge in [0.05, 0.1) is 23.4 Å². The van der Waals surface area contributed by atoms with Crippen molar-refractivity contribution in [3.63, 3.8) is 0 Å². The number of aliphatic hydroxyl groups excluding tert-OH is 2. The number of carbonyl (C=O) groups is 1. The molecule has 2 aliphatic carbocycles. The van der Waals surface area contributed by atoms with Crippen LogP contribution in [0.5, 0.6) is 0 Å². The molecule has 1 aromatic rings. The predicted octanol–water partition coefficient (Wildman–Crippen LogP) is -0.586. The van der Waals surface area contributed by atoms with Crippen LogP contribution in [0, 0.1) is 5.92 Å². The molecule has 6 nitrogen and oxygen atoms in total. The molecule has 1 amide bonds. The van der Waals surface area contributed by atoms with Crippen LogP contribution in [-0.4, -0.2) is 44.1 Å². The standard InChI is InChI=1S/C11H15N3O3/c15-8-6-1-2-11(3-6,9(8)16)14-10(17)7-4-12-13-5-7/h4-6,8-9,15-16H,1-3H2,(H,12,13)(H,14,17)/t6?,8-,9-,11?/m0/s1. The van der Waals surface area contributed by atoms with E-state index in [2.05, 4.69) is 15.5 Å². The minimum atomic E-state index is -0.864. The van der Waals surface area contributed by atoms with Gasteiger partial charge in [0.15, 0.2) is 0 Å². The molecule has 2 saturated carbocycles. The Morgan fingerprint density at radius 3 is 3.00 bits per heavy atom. The molecule has 0 aliphatic heterocycles. The molecule has 0 radical (unpaired) electrons. The number of carbonyl (C=O) groups excluding carboxylic acids is 1. The van der Waals surface area contributed by atoms with E-state index < -0.39 is 17.7 Å². The minimum absolute atomic E-state index is 0.106. The molecule has 6 heteroatoms. The van der Waals surface area contributed by atoms with E-state index in [4.69, 9.17) is 0 Å². The van der Waals surface area contributed by atoms with Crippen molar-refractivity contribution >= 4 is 5.91 Å². The Labute approximate surface area is 98.0 Å². The van der Waals surface area contributed by atoms with Crippen molar-refractivity contribution in [2.45, 2.75) is 37.0 Å². The van der Waals surface area contributed by atoms with Crippen LogP contribution in [0.25, 0.3) is 0 Å². The number of aromatic amines is 1. The molecule has 2 aliphatic rings. The molecule has 3 rings (SSSR count). The van der Waals surface area contributed by atoms with Gasteiger partial charge in [-0.25, -0.2) is 0 Å². The Kier molecular flexibility index (Phi) is 2.24. The summed E-state index contributed by atoms with van der Waals surface area (Å²) in [6.07, 6.45) is 3.60. The third-order valence-electron chi connectivity index (χ3n) is 4.08. The third-order valence-corrected chi connectivity index (χ3v) is 4.08. The Hall–Kier alpha value is -1.40. The lowest BCUT2D eigenvalue weighted by Crippen LogP contribution is -2.56. The van der Waals surface area contributed by atoms with Crippen LogP contribution in [0.2, 0.25) is 0 Å². The van der Waals surface area contributed by atoms with Crippen LogP contribution in [-0.2, 0) is 0 Å². The average Bonchev–Trinajstić information content (AvgIpc) is 2.98. The van der Waals surface area contributed by atoms with E-state index in [0.717, 1.165) is 12.8 Å². The third kappa shape index (κ3) is 1.48. The second-order valence-electron chi connectivity index (χ2n) is 5.04. The number of aromatic nitrogens is 2. The van der Waals surface area contributed by atoms with E-state index in [-0.39, 0.29) is 11.8 Å². The Balaban J connectivity index is 1.79. The molecule has 2 unspecified atom stereocenters. The molecule has 92 valence electrons. The molecule has 4 N–H and O–H groups in total. The highest BCUT2D eigenvalue weighted by atomic mass is 16.3. The highest BCUT2D eigenvalue weighted by Crippen LogP contribution is 2.47. The highest BCUT2D eigenvalue weighted by molar-refractivity contribution is 5.94. The van der Waals surface area contributed by atoms with Crippen LogP contribution in [0.3, 0.4) is 0 Å². The van der Waals surface area contributed by atoms with Crippen molar-refractivity contribution < 1.29 is 15.0 Å². The number of H-pyrrole nitrogens is 1. The van der Waals surface area contributed by atoms with Gasteiger partial charge in [0.1, 0.15) is 6.10 Å². The van der Waals surface area contributed by atoms with Crippen LogP contribution in [0.1, 0.15) is 29.6 Å². The summed E-state index contributed by atoms with van der Waals surface area (Å²) in [6, 6.07) is 0. The second-order valence-corrected chi connectivity index (χ2v) is 5.04. The number of nitrogens with zero attached hydrogens (tertiary/aromatic N) is 1. The molecular weight excluding hydrogens is 222 g/mol. The SMILES string of the molecule is O=C(NC12CCC(C1)[C@H](O)[C@@H]2O)c1cn[nH]c1. The Morgan fingerprint density at radius 2 is 2.41 bits per heavy atom. The zero-order chi connectivity index (χ0) is 12.0. The van der Waals surface area contributed by atoms with E-state index in [0.29, 0.717) is 12.0 Å². The summed E-state index contributed by atoms with van der Waals surface area (Å²) >= 11 is 0. The maximum Gasteiger partial charge on any atom is 0.254 e. The molecule has 17 heavy (non-hydrogen) atoms. The van der Waals surface area contributed by atoms with E-state index in [1.807, 2.05) is 0 Å². The first-order valence-corrected chi connectivity index (χ1v) is 5.80. The lowest BCUT2D eigenvalue weighted by Gasteiger charge is -2.34. The number of hydrogen-bond donors (Lipinski definition) is 4. The predicted molar refractivity (Wildman–Crippen MR) is 58.1 cm³/mol. The molecule has 0 aromatic carbocycles. The lowest BCUT2D eigenvalue weighted by atomic mass is 9.88. The number of nitrogens with one attached hydrogen (secondary N) is 2. The highest BCUT2D eigenvalue weighted by Gasteiger charge is 2.57. The van der Waals surface area contributed by atoms with E-state index in [1.54, 1.807) is 0 Å². The molecule has 0 saturated heterocycles. The van der Waals surface area contributed by atoms with Crippen LogP contribution < -0.4 is 5.32 Å². The van der Waals surface area contributed by atoms with Gasteiger partial charge in [-0.05, 0) is 25.2 Å². The number of hydrogen-bond acceptors (Lipinski definition) is 4. The summed E-state index contributed by atoms with van der Waals surface area (Å²) in [4.78, 5) is 11.9. The normalized spacial score (nSPS) is 39.5.